The molecule has 0 aliphatic carbocycles. The fraction of sp³-hybridized carbons (Fsp3) is 0.385. The Labute approximate surface area is 213 Å². The van der Waals surface area contributed by atoms with E-state index in [9.17, 15) is 9.50 Å². The van der Waals surface area contributed by atoms with E-state index >= 15 is 0 Å². The monoisotopic (exact) mass is 497 g/mol. The first-order valence-electron chi connectivity index (χ1n) is 11.8. The smallest absolute Gasteiger partial charge is 0.229 e. The molecule has 1 aromatic heterocycles. The lowest BCUT2D eigenvalue weighted by Crippen LogP contribution is -2.04. The maximum atomic E-state index is 14.0. The number of aliphatic hydroxyl groups excluding tert-OH is 1. The first-order valence-corrected chi connectivity index (χ1v) is 13.4. The maximum Gasteiger partial charge on any atom is 0.229 e. The molecule has 0 unspecified atom stereocenters. The molecule has 4 N–H and O–H groups in total. The van der Waals surface area contributed by atoms with Gasteiger partial charge in [0.2, 0.25) is 21.2 Å². The van der Waals surface area contributed by atoms with Gasteiger partial charge < -0.3 is 25.6 Å². The molecule has 0 saturated carbocycles. The Kier molecular flexibility index (Phi) is 12.3. The summed E-state index contributed by atoms with van der Waals surface area (Å²) in [5, 5.41) is 27.0. The van der Waals surface area contributed by atoms with Crippen molar-refractivity contribution in [3.63, 3.8) is 0 Å². The molecule has 2 aromatic carbocycles. The van der Waals surface area contributed by atoms with Crippen LogP contribution in [-0.4, -0.2) is 48.6 Å². The summed E-state index contributed by atoms with van der Waals surface area (Å²) in [6.07, 6.45) is 1.05. The van der Waals surface area contributed by atoms with Crippen molar-refractivity contribution in [3.05, 3.63) is 60.5 Å². The van der Waals surface area contributed by atoms with E-state index in [1.54, 1.807) is 36.4 Å². The van der Waals surface area contributed by atoms with Gasteiger partial charge in [-0.1, -0.05) is 45.6 Å². The molecule has 0 aliphatic heterocycles. The van der Waals surface area contributed by atoms with Crippen LogP contribution in [0.1, 0.15) is 27.7 Å². The maximum absolute atomic E-state index is 14.0. The number of nitrogens with one attached hydrogen (secondary N) is 2. The Morgan fingerprint density at radius 3 is 2.26 bits per heavy atom. The molecule has 1 radical (unpaired) electrons. The number of aliphatic hydroxyl groups is 1. The van der Waals surface area contributed by atoms with Crippen molar-refractivity contribution < 1.29 is 19.3 Å². The molecule has 3 aromatic rings. The third-order valence-corrected chi connectivity index (χ3v) is 7.15. The van der Waals surface area contributed by atoms with E-state index in [1.165, 1.54) is 22.7 Å². The molecule has 7 nitrogen and oxygen atoms in total. The van der Waals surface area contributed by atoms with Gasteiger partial charge in [-0.3, -0.25) is 0 Å². The number of hydrogen-bond acceptors (Lipinski definition) is 7. The Morgan fingerprint density at radius 2 is 1.66 bits per heavy atom. The molecular formula is C26H35AlFN4O3. The highest BCUT2D eigenvalue weighted by Crippen LogP contribution is 2.23. The number of phenols is 1. The standard InChI is InChI=1S/C18H17FN4O3.2C4H9.Al/c19-16-11-20-18(22-12-4-6-15(7-5-12)26-9-8-24)23-17(16)21-13-2-1-3-14(25)10-13;2*1-4(2)3;/h1-7,10-11,24-25H,8-9H2,(H2,20,21,22,23);2*4H,1H2,2-3H3;. The number of halogens is 1. The minimum atomic E-state index is -0.619. The highest BCUT2D eigenvalue weighted by molar-refractivity contribution is 6.35. The molecule has 0 fully saturated rings. The van der Waals surface area contributed by atoms with Crippen molar-refractivity contribution in [2.75, 3.05) is 23.8 Å². The third kappa shape index (κ3) is 11.4. The molecular weight excluding hydrogens is 462 g/mol. The topological polar surface area (TPSA) is 99.5 Å². The van der Waals surface area contributed by atoms with Gasteiger partial charge in [-0.15, -0.1) is 10.6 Å². The number of nitrogens with zero attached hydrogens (tertiary/aromatic N) is 2. The van der Waals surface area contributed by atoms with Crippen LogP contribution >= 0.6 is 0 Å². The van der Waals surface area contributed by atoms with Crippen molar-refractivity contribution in [2.45, 2.75) is 38.3 Å². The zero-order chi connectivity index (χ0) is 25.6. The number of rotatable bonds is 11. The van der Waals surface area contributed by atoms with Crippen LogP contribution in [0.3, 0.4) is 0 Å². The van der Waals surface area contributed by atoms with E-state index in [4.69, 9.17) is 9.84 Å². The number of aromatic hydroxyl groups is 1. The molecule has 0 amide bonds. The van der Waals surface area contributed by atoms with Gasteiger partial charge in [0.1, 0.15) is 18.1 Å². The lowest BCUT2D eigenvalue weighted by Gasteiger charge is -2.10. The van der Waals surface area contributed by atoms with Gasteiger partial charge in [0.25, 0.3) is 0 Å². The van der Waals surface area contributed by atoms with Gasteiger partial charge in [-0.05, 0) is 36.4 Å². The van der Waals surface area contributed by atoms with E-state index in [2.05, 4.69) is 48.3 Å². The summed E-state index contributed by atoms with van der Waals surface area (Å²) < 4.78 is 19.2. The van der Waals surface area contributed by atoms with Crippen LogP contribution in [0.5, 0.6) is 11.5 Å². The minimum Gasteiger partial charge on any atom is -0.508 e. The fourth-order valence-corrected chi connectivity index (χ4v) is 4.45. The average molecular weight is 498 g/mol. The highest BCUT2D eigenvalue weighted by Gasteiger charge is 2.08. The van der Waals surface area contributed by atoms with Crippen molar-refractivity contribution >= 4 is 38.4 Å². The van der Waals surface area contributed by atoms with Crippen LogP contribution in [0.15, 0.2) is 54.7 Å². The van der Waals surface area contributed by atoms with Gasteiger partial charge in [0, 0.05) is 17.4 Å². The number of ether oxygens (including phenoxy) is 1. The predicted octanol–water partition coefficient (Wildman–Crippen LogP) is 6.02. The van der Waals surface area contributed by atoms with Gasteiger partial charge >= 0.3 is 0 Å². The van der Waals surface area contributed by atoms with E-state index in [0.717, 1.165) is 33.3 Å². The molecule has 187 valence electrons. The van der Waals surface area contributed by atoms with E-state index < -0.39 is 5.82 Å². The fourth-order valence-electron chi connectivity index (χ4n) is 2.93. The molecule has 9 heteroatoms. The summed E-state index contributed by atoms with van der Waals surface area (Å²) in [5.41, 5.74) is 1.19. The Bertz CT molecular complexity index is 1010. The third-order valence-electron chi connectivity index (χ3n) is 4.60. The SMILES string of the molecule is CC(C)[CH2][Al][CH2]C(C)C.OCCOc1ccc(Nc2ncc(F)c(Nc3cccc(O)c3)n2)cc1. The average Bonchev–Trinajstić information content (AvgIpc) is 2.81. The molecule has 1 heterocycles. The summed E-state index contributed by atoms with van der Waals surface area (Å²) in [7, 11) is 0. The number of benzene rings is 2. The minimum absolute atomic E-state index is 0.0176. The number of aromatic nitrogens is 2. The van der Waals surface area contributed by atoms with Crippen LogP contribution < -0.4 is 15.4 Å². The van der Waals surface area contributed by atoms with Gasteiger partial charge in [-0.2, -0.15) is 4.98 Å². The Morgan fingerprint density at radius 1 is 0.971 bits per heavy atom. The van der Waals surface area contributed by atoms with E-state index in [-0.39, 0.29) is 30.7 Å². The Hall–Kier alpha value is -2.86. The van der Waals surface area contributed by atoms with Crippen molar-refractivity contribution in [2.24, 2.45) is 11.8 Å². The van der Waals surface area contributed by atoms with E-state index in [1.807, 2.05) is 0 Å². The summed E-state index contributed by atoms with van der Waals surface area (Å²) >= 11 is 0.755. The largest absolute Gasteiger partial charge is 0.508 e. The zero-order valence-electron chi connectivity index (χ0n) is 20.8. The molecule has 35 heavy (non-hydrogen) atoms. The molecule has 0 aliphatic rings. The molecule has 0 bridgehead atoms. The quantitative estimate of drug-likeness (QED) is 0.241. The molecule has 0 saturated heterocycles. The molecule has 0 atom stereocenters. The first kappa shape index (κ1) is 28.4. The summed E-state index contributed by atoms with van der Waals surface area (Å²) in [4.78, 5) is 8.02. The molecule has 0 spiro atoms. The van der Waals surface area contributed by atoms with Crippen LogP contribution in [0.2, 0.25) is 10.6 Å². The second-order valence-electron chi connectivity index (χ2n) is 8.83. The second kappa shape index (κ2) is 15.2. The highest BCUT2D eigenvalue weighted by atomic mass is 27.1. The van der Waals surface area contributed by atoms with Gasteiger partial charge in [0.05, 0.1) is 12.8 Å². The predicted molar refractivity (Wildman–Crippen MR) is 141 cm³/mol. The van der Waals surface area contributed by atoms with Crippen LogP contribution in [0.4, 0.5) is 27.5 Å². The van der Waals surface area contributed by atoms with Crippen LogP contribution in [0.25, 0.3) is 0 Å². The zero-order valence-corrected chi connectivity index (χ0v) is 22.0. The lowest BCUT2D eigenvalue weighted by atomic mass is 10.3. The summed E-state index contributed by atoms with van der Waals surface area (Å²) in [5.74, 6) is 2.11. The van der Waals surface area contributed by atoms with Gasteiger partial charge in [-0.25, -0.2) is 9.37 Å². The first-order chi connectivity index (χ1) is 16.8. The van der Waals surface area contributed by atoms with Crippen molar-refractivity contribution in [1.29, 1.82) is 0 Å². The number of hydrogen-bond donors (Lipinski definition) is 4. The van der Waals surface area contributed by atoms with Crippen molar-refractivity contribution in [1.82, 2.24) is 9.97 Å². The second-order valence-corrected chi connectivity index (χ2v) is 10.4. The summed E-state index contributed by atoms with van der Waals surface area (Å²) in [6, 6.07) is 13.3. The summed E-state index contributed by atoms with van der Waals surface area (Å²) in [6.45, 7) is 9.41. The van der Waals surface area contributed by atoms with Gasteiger partial charge in [0.15, 0.2) is 11.6 Å². The number of anilines is 4. The normalized spacial score (nSPS) is 10.5. The Balaban J connectivity index is 0.000000410. The molecule has 3 rings (SSSR count). The van der Waals surface area contributed by atoms with Crippen LogP contribution in [-0.2, 0) is 0 Å². The van der Waals surface area contributed by atoms with Crippen molar-refractivity contribution in [3.8, 4) is 11.5 Å². The number of phenolic OH excluding ortho intramolecular Hbond substituents is 1. The lowest BCUT2D eigenvalue weighted by molar-refractivity contribution is 0.201. The van der Waals surface area contributed by atoms with E-state index in [0.29, 0.717) is 17.1 Å². The van der Waals surface area contributed by atoms with Crippen LogP contribution in [0, 0.1) is 17.7 Å².